The second-order valence-electron chi connectivity index (χ2n) is 12.1. The lowest BCUT2D eigenvalue weighted by Crippen LogP contribution is -2.42. The largest absolute Gasteiger partial charge is 0.444 e. The van der Waals surface area contributed by atoms with Gasteiger partial charge in [0.2, 0.25) is 5.91 Å². The Bertz CT molecular complexity index is 1420. The zero-order chi connectivity index (χ0) is 32.4. The van der Waals surface area contributed by atoms with E-state index in [1.807, 2.05) is 72.7 Å². The van der Waals surface area contributed by atoms with E-state index in [-0.39, 0.29) is 17.9 Å². The highest BCUT2D eigenvalue weighted by Gasteiger charge is 2.28. The number of likely N-dealkylation sites (N-methyl/N-ethyl adjacent to an activating group) is 1. The Balaban J connectivity index is 0.000000409. The molecular formula is C35H48N4O4S. The molecule has 1 aromatic heterocycles. The topological polar surface area (TPSA) is 91.8 Å². The smallest absolute Gasteiger partial charge is 0.410 e. The first-order valence-electron chi connectivity index (χ1n) is 15.5. The van der Waals surface area contributed by atoms with Gasteiger partial charge in [0.1, 0.15) is 11.9 Å². The molecule has 0 unspecified atom stereocenters. The number of likely N-dealkylation sites (tertiary alicyclic amines) is 1. The number of nitrogens with one attached hydrogen (secondary N) is 1. The third-order valence-corrected chi connectivity index (χ3v) is 8.47. The number of benzene rings is 2. The van der Waals surface area contributed by atoms with Crippen molar-refractivity contribution in [3.05, 3.63) is 64.0 Å². The minimum Gasteiger partial charge on any atom is -0.444 e. The summed E-state index contributed by atoms with van der Waals surface area (Å²) in [5, 5.41) is 3.65. The Morgan fingerprint density at radius 1 is 1.07 bits per heavy atom. The molecular weight excluding hydrogens is 572 g/mol. The summed E-state index contributed by atoms with van der Waals surface area (Å²) in [6, 6.07) is 14.0. The summed E-state index contributed by atoms with van der Waals surface area (Å²) < 4.78 is 5.45. The van der Waals surface area contributed by atoms with Crippen molar-refractivity contribution in [1.29, 1.82) is 0 Å². The number of carbonyl (C=O) groups excluding carboxylic acids is 3. The number of anilines is 2. The first-order valence-corrected chi connectivity index (χ1v) is 16.4. The van der Waals surface area contributed by atoms with Gasteiger partial charge < -0.3 is 19.9 Å². The van der Waals surface area contributed by atoms with Gasteiger partial charge in [0.05, 0.1) is 5.69 Å². The Labute approximate surface area is 266 Å². The number of nitrogens with zero attached hydrogens (tertiary/aromatic N) is 3. The van der Waals surface area contributed by atoms with Crippen LogP contribution in [0.25, 0.3) is 11.3 Å². The Hall–Kier alpha value is -3.72. The number of aryl methyl sites for hydroxylation is 2. The van der Waals surface area contributed by atoms with Crippen LogP contribution in [0.4, 0.5) is 15.6 Å². The minimum atomic E-state index is -0.491. The van der Waals surface area contributed by atoms with Crippen molar-refractivity contribution in [3.8, 4) is 11.3 Å². The SMILES string of the molecule is CC.Cc1ccccc1C=O.Cc1sc(NC(=O)CC2CCN(C(=O)OC(C)(C)C)CC2)nc1-c1ccc2c(c1)CCN2C. The highest BCUT2D eigenvalue weighted by atomic mass is 32.1. The van der Waals surface area contributed by atoms with Crippen molar-refractivity contribution in [1.82, 2.24) is 9.88 Å². The monoisotopic (exact) mass is 620 g/mol. The lowest BCUT2D eigenvalue weighted by Gasteiger charge is -2.33. The van der Waals surface area contributed by atoms with Crippen LogP contribution in [0.3, 0.4) is 0 Å². The van der Waals surface area contributed by atoms with Gasteiger partial charge in [-0.25, -0.2) is 9.78 Å². The number of hydrogen-bond acceptors (Lipinski definition) is 7. The van der Waals surface area contributed by atoms with E-state index in [2.05, 4.69) is 35.5 Å². The molecule has 0 radical (unpaired) electrons. The average Bonchev–Trinajstić information content (AvgIpc) is 3.55. The highest BCUT2D eigenvalue weighted by Crippen LogP contribution is 2.35. The molecule has 0 bridgehead atoms. The molecule has 2 aliphatic heterocycles. The van der Waals surface area contributed by atoms with Gasteiger partial charge in [-0.05, 0) is 83.1 Å². The fourth-order valence-corrected chi connectivity index (χ4v) is 6.08. The zero-order valence-electron chi connectivity index (χ0n) is 27.5. The van der Waals surface area contributed by atoms with Crippen molar-refractivity contribution < 1.29 is 19.1 Å². The standard InChI is InChI=1S/C25H34N4O3S.C8H8O.C2H6/c1-16-22(19-6-7-20-18(15-19)10-11-28(20)5)27-23(33-16)26-21(30)14-17-8-12-29(13-9-17)24(31)32-25(2,3)4;1-7-4-2-3-5-8(7)6-9;1-2/h6-7,15,17H,8-14H2,1-5H3,(H,26,27,30);2-6H,1H3;1-2H3. The van der Waals surface area contributed by atoms with Crippen LogP contribution in [0.2, 0.25) is 0 Å². The predicted molar refractivity (Wildman–Crippen MR) is 181 cm³/mol. The van der Waals surface area contributed by atoms with Crippen LogP contribution in [-0.4, -0.2) is 60.5 Å². The molecule has 1 saturated heterocycles. The fourth-order valence-electron chi connectivity index (χ4n) is 5.23. The highest BCUT2D eigenvalue weighted by molar-refractivity contribution is 7.16. The molecule has 2 aromatic carbocycles. The van der Waals surface area contributed by atoms with E-state index >= 15 is 0 Å². The zero-order valence-corrected chi connectivity index (χ0v) is 28.3. The molecule has 3 aromatic rings. The molecule has 2 aliphatic rings. The maximum absolute atomic E-state index is 12.7. The van der Waals surface area contributed by atoms with Gasteiger partial charge in [-0.2, -0.15) is 0 Å². The van der Waals surface area contributed by atoms with Gasteiger partial charge >= 0.3 is 6.09 Å². The molecule has 0 saturated carbocycles. The van der Waals surface area contributed by atoms with Crippen LogP contribution in [0, 0.1) is 19.8 Å². The Morgan fingerprint density at radius 2 is 1.75 bits per heavy atom. The molecule has 44 heavy (non-hydrogen) atoms. The van der Waals surface area contributed by atoms with Crippen molar-refractivity contribution in [2.24, 2.45) is 5.92 Å². The molecule has 0 aliphatic carbocycles. The molecule has 1 N–H and O–H groups in total. The summed E-state index contributed by atoms with van der Waals surface area (Å²) in [6.07, 6.45) is 3.71. The third kappa shape index (κ3) is 9.64. The second-order valence-corrected chi connectivity index (χ2v) is 13.3. The fraction of sp³-hybridized carbons (Fsp3) is 0.486. The normalized spacial score (nSPS) is 14.5. The number of carbonyl (C=O) groups is 3. The number of thiazole rings is 1. The average molecular weight is 621 g/mol. The number of aromatic nitrogens is 1. The number of fused-ring (bicyclic) bond motifs is 1. The van der Waals surface area contributed by atoms with E-state index in [9.17, 15) is 14.4 Å². The van der Waals surface area contributed by atoms with Gasteiger partial charge in [-0.1, -0.05) is 44.2 Å². The van der Waals surface area contributed by atoms with E-state index < -0.39 is 5.60 Å². The summed E-state index contributed by atoms with van der Waals surface area (Å²) in [5.74, 6) is 0.250. The van der Waals surface area contributed by atoms with Crippen molar-refractivity contribution in [2.75, 3.05) is 36.9 Å². The van der Waals surface area contributed by atoms with Crippen LogP contribution in [0.1, 0.15) is 80.2 Å². The quantitative estimate of drug-likeness (QED) is 0.291. The number of piperidine rings is 1. The Morgan fingerprint density at radius 3 is 2.36 bits per heavy atom. The summed E-state index contributed by atoms with van der Waals surface area (Å²) in [5.41, 5.74) is 6.01. The van der Waals surface area contributed by atoms with Gasteiger partial charge in [0.15, 0.2) is 5.13 Å². The summed E-state index contributed by atoms with van der Waals surface area (Å²) in [6.45, 7) is 15.9. The number of rotatable bonds is 5. The molecule has 2 amide bonds. The van der Waals surface area contributed by atoms with Gasteiger partial charge in [-0.15, -0.1) is 11.3 Å². The Kier molecular flexibility index (Phi) is 12.5. The van der Waals surface area contributed by atoms with Crippen LogP contribution in [0.5, 0.6) is 0 Å². The molecule has 5 rings (SSSR count). The predicted octanol–water partition coefficient (Wildman–Crippen LogP) is 7.92. The maximum atomic E-state index is 12.7. The lowest BCUT2D eigenvalue weighted by molar-refractivity contribution is -0.117. The number of hydrogen-bond donors (Lipinski definition) is 1. The van der Waals surface area contributed by atoms with Gasteiger partial charge in [0, 0.05) is 54.8 Å². The second kappa shape index (κ2) is 15.8. The van der Waals surface area contributed by atoms with Crippen LogP contribution < -0.4 is 10.2 Å². The van der Waals surface area contributed by atoms with Crippen LogP contribution in [-0.2, 0) is 16.0 Å². The number of aldehydes is 1. The third-order valence-electron chi connectivity index (χ3n) is 7.58. The van der Waals surface area contributed by atoms with Crippen LogP contribution in [0.15, 0.2) is 42.5 Å². The van der Waals surface area contributed by atoms with E-state index in [1.165, 1.54) is 22.6 Å². The van der Waals surface area contributed by atoms with Crippen LogP contribution >= 0.6 is 11.3 Å². The molecule has 0 spiro atoms. The number of amides is 2. The molecule has 1 fully saturated rings. The van der Waals surface area contributed by atoms with E-state index in [4.69, 9.17) is 9.72 Å². The van der Waals surface area contributed by atoms with Crippen molar-refractivity contribution in [2.45, 2.75) is 79.8 Å². The maximum Gasteiger partial charge on any atom is 0.410 e. The van der Waals surface area contributed by atoms with E-state index in [0.717, 1.165) is 59.4 Å². The molecule has 8 nitrogen and oxygen atoms in total. The van der Waals surface area contributed by atoms with E-state index in [0.29, 0.717) is 24.6 Å². The van der Waals surface area contributed by atoms with E-state index in [1.54, 1.807) is 4.90 Å². The molecule has 3 heterocycles. The minimum absolute atomic E-state index is 0.0124. The van der Waals surface area contributed by atoms with Gasteiger partial charge in [0.25, 0.3) is 0 Å². The first-order chi connectivity index (χ1) is 20.9. The van der Waals surface area contributed by atoms with Crippen molar-refractivity contribution in [3.63, 3.8) is 0 Å². The van der Waals surface area contributed by atoms with Gasteiger partial charge in [-0.3, -0.25) is 9.59 Å². The first kappa shape index (κ1) is 34.8. The van der Waals surface area contributed by atoms with Crippen molar-refractivity contribution >= 4 is 40.4 Å². The number of ether oxygens (including phenoxy) is 1. The molecule has 9 heteroatoms. The molecule has 0 atom stereocenters. The summed E-state index contributed by atoms with van der Waals surface area (Å²) in [4.78, 5) is 45.0. The molecule has 238 valence electrons. The summed E-state index contributed by atoms with van der Waals surface area (Å²) in [7, 11) is 2.12. The summed E-state index contributed by atoms with van der Waals surface area (Å²) >= 11 is 1.52. The lowest BCUT2D eigenvalue weighted by atomic mass is 9.93.